The molecule has 37 heavy (non-hydrogen) atoms. The third-order valence-electron chi connectivity index (χ3n) is 6.51. The lowest BCUT2D eigenvalue weighted by molar-refractivity contribution is -0.144. The van der Waals surface area contributed by atoms with E-state index in [1.165, 1.54) is 4.90 Å². The number of hydrogen-bond donors (Lipinski definition) is 4. The fourth-order valence-corrected chi connectivity index (χ4v) is 4.35. The van der Waals surface area contributed by atoms with Crippen molar-refractivity contribution in [2.24, 2.45) is 5.41 Å². The predicted molar refractivity (Wildman–Crippen MR) is 139 cm³/mol. The van der Waals surface area contributed by atoms with Crippen LogP contribution in [0.3, 0.4) is 0 Å². The van der Waals surface area contributed by atoms with Gasteiger partial charge in [0.1, 0.15) is 12.1 Å². The van der Waals surface area contributed by atoms with E-state index in [1.807, 2.05) is 39.8 Å². The third-order valence-corrected chi connectivity index (χ3v) is 6.51. The lowest BCUT2D eigenvalue weighted by atomic mass is 9.85. The minimum absolute atomic E-state index is 0.000192. The average molecular weight is 514 g/mol. The van der Waals surface area contributed by atoms with Crippen LogP contribution in [0.4, 0.5) is 0 Å². The molecule has 9 nitrogen and oxygen atoms in total. The number of nitrogens with one attached hydrogen (secondary N) is 2. The molecule has 1 aromatic carbocycles. The number of aliphatic hydroxyl groups is 1. The highest BCUT2D eigenvalue weighted by Gasteiger charge is 2.44. The fraction of sp³-hybridized carbons (Fsp3) is 0.571. The van der Waals surface area contributed by atoms with Crippen molar-refractivity contribution in [3.63, 3.8) is 0 Å². The molecule has 2 rings (SSSR count). The molecule has 1 fully saturated rings. The van der Waals surface area contributed by atoms with Crippen molar-refractivity contribution in [3.05, 3.63) is 35.4 Å². The van der Waals surface area contributed by atoms with E-state index in [9.17, 15) is 24.3 Å². The van der Waals surface area contributed by atoms with Crippen molar-refractivity contribution in [1.29, 1.82) is 0 Å². The highest BCUT2D eigenvalue weighted by Crippen LogP contribution is 2.27. The topological polar surface area (TPSA) is 136 Å². The summed E-state index contributed by atoms with van der Waals surface area (Å²) >= 11 is 0. The Kier molecular flexibility index (Phi) is 10.7. The Hall–Kier alpha value is -3.38. The number of hydrogen-bond acceptors (Lipinski definition) is 5. The zero-order valence-corrected chi connectivity index (χ0v) is 22.1. The van der Waals surface area contributed by atoms with E-state index < -0.39 is 35.5 Å². The summed E-state index contributed by atoms with van der Waals surface area (Å²) in [5.74, 6) is 0.566. The minimum atomic E-state index is -0.895. The number of amides is 3. The van der Waals surface area contributed by atoms with Gasteiger partial charge in [-0.1, -0.05) is 45.2 Å². The van der Waals surface area contributed by atoms with Gasteiger partial charge in [-0.05, 0) is 42.9 Å². The van der Waals surface area contributed by atoms with Crippen LogP contribution in [0.2, 0.25) is 0 Å². The Balaban J connectivity index is 2.06. The maximum absolute atomic E-state index is 13.6. The van der Waals surface area contributed by atoms with E-state index in [-0.39, 0.29) is 43.7 Å². The van der Waals surface area contributed by atoms with Crippen LogP contribution in [0.25, 0.3) is 0 Å². The molecule has 4 atom stereocenters. The van der Waals surface area contributed by atoms with E-state index in [0.29, 0.717) is 19.3 Å². The first-order valence-corrected chi connectivity index (χ1v) is 12.7. The number of unbranched alkanes of at least 4 members (excludes halogenated alkanes) is 2. The van der Waals surface area contributed by atoms with Crippen LogP contribution in [0, 0.1) is 17.8 Å². The Bertz CT molecular complexity index is 1010. The van der Waals surface area contributed by atoms with Crippen molar-refractivity contribution in [2.45, 2.75) is 90.4 Å². The van der Waals surface area contributed by atoms with Gasteiger partial charge in [-0.2, -0.15) is 0 Å². The summed E-state index contributed by atoms with van der Waals surface area (Å²) in [6.45, 7) is 7.30. The standard InChI is InChI=1S/C28H39N3O6/c1-6-19-12-14-20(15-13-19)18(2)29-26(36)22-16-21(32)17-31(22)27(37)25(28(3,4)5)30-23(33)10-8-7-9-11-24(34)35/h1,12-15,18,21-22,25,32H,7-11,16-17H2,2-5H3,(H,29,36)(H,30,33)(H,34,35)/t18-,21+,22-,25+/m0/s1. The highest BCUT2D eigenvalue weighted by atomic mass is 16.4. The molecule has 0 spiro atoms. The van der Waals surface area contributed by atoms with Gasteiger partial charge in [0.05, 0.1) is 12.1 Å². The van der Waals surface area contributed by atoms with Crippen molar-refractivity contribution in [3.8, 4) is 12.3 Å². The Morgan fingerprint density at radius 1 is 1.08 bits per heavy atom. The van der Waals surface area contributed by atoms with Gasteiger partial charge in [0.2, 0.25) is 17.7 Å². The Morgan fingerprint density at radius 2 is 1.70 bits per heavy atom. The number of benzene rings is 1. The van der Waals surface area contributed by atoms with Crippen LogP contribution >= 0.6 is 0 Å². The fourth-order valence-electron chi connectivity index (χ4n) is 4.35. The Morgan fingerprint density at radius 3 is 2.27 bits per heavy atom. The number of carbonyl (C=O) groups is 4. The first-order chi connectivity index (χ1) is 17.3. The number of likely N-dealkylation sites (tertiary alicyclic amines) is 1. The molecule has 1 saturated heterocycles. The minimum Gasteiger partial charge on any atom is -0.481 e. The third kappa shape index (κ3) is 8.90. The van der Waals surface area contributed by atoms with Crippen LogP contribution in [0.5, 0.6) is 0 Å². The second-order valence-electron chi connectivity index (χ2n) is 10.7. The second-order valence-corrected chi connectivity index (χ2v) is 10.7. The molecule has 0 bridgehead atoms. The molecule has 0 aromatic heterocycles. The van der Waals surface area contributed by atoms with Crippen LogP contribution in [0.15, 0.2) is 24.3 Å². The van der Waals surface area contributed by atoms with Gasteiger partial charge in [-0.25, -0.2) is 0 Å². The number of terminal acetylenes is 1. The molecule has 0 unspecified atom stereocenters. The summed E-state index contributed by atoms with van der Waals surface area (Å²) in [6.07, 6.45) is 6.47. The van der Waals surface area contributed by atoms with Crippen LogP contribution in [-0.4, -0.2) is 63.5 Å². The molecule has 1 aliphatic heterocycles. The van der Waals surface area contributed by atoms with Crippen LogP contribution in [-0.2, 0) is 19.2 Å². The van der Waals surface area contributed by atoms with Gasteiger partial charge in [0.25, 0.3) is 0 Å². The number of carboxylic acids is 1. The number of rotatable bonds is 11. The van der Waals surface area contributed by atoms with Crippen molar-refractivity contribution >= 4 is 23.7 Å². The van der Waals surface area contributed by atoms with Gasteiger partial charge in [0.15, 0.2) is 0 Å². The molecular formula is C28H39N3O6. The summed E-state index contributed by atoms with van der Waals surface area (Å²) in [7, 11) is 0. The molecule has 202 valence electrons. The monoisotopic (exact) mass is 513 g/mol. The van der Waals surface area contributed by atoms with Gasteiger partial charge in [0, 0.05) is 31.4 Å². The first kappa shape index (κ1) is 29.8. The molecule has 3 amide bonds. The van der Waals surface area contributed by atoms with Gasteiger partial charge in [-0.3, -0.25) is 19.2 Å². The predicted octanol–water partition coefficient (Wildman–Crippen LogP) is 2.37. The van der Waals surface area contributed by atoms with E-state index in [4.69, 9.17) is 11.5 Å². The lowest BCUT2D eigenvalue weighted by Crippen LogP contribution is -2.57. The molecule has 0 radical (unpaired) electrons. The molecule has 1 aliphatic rings. The van der Waals surface area contributed by atoms with Crippen molar-refractivity contribution in [2.75, 3.05) is 6.54 Å². The van der Waals surface area contributed by atoms with E-state index in [1.54, 1.807) is 12.1 Å². The summed E-state index contributed by atoms with van der Waals surface area (Å²) in [4.78, 5) is 51.4. The lowest BCUT2D eigenvalue weighted by Gasteiger charge is -2.35. The number of nitrogens with zero attached hydrogens (tertiary/aromatic N) is 1. The number of aliphatic carboxylic acids is 1. The van der Waals surface area contributed by atoms with Gasteiger partial charge in [-0.15, -0.1) is 6.42 Å². The van der Waals surface area contributed by atoms with Gasteiger partial charge >= 0.3 is 5.97 Å². The highest BCUT2D eigenvalue weighted by molar-refractivity contribution is 5.93. The zero-order valence-electron chi connectivity index (χ0n) is 22.1. The van der Waals surface area contributed by atoms with E-state index in [2.05, 4.69) is 16.6 Å². The quantitative estimate of drug-likeness (QED) is 0.265. The van der Waals surface area contributed by atoms with Crippen LogP contribution < -0.4 is 10.6 Å². The van der Waals surface area contributed by atoms with Gasteiger partial charge < -0.3 is 25.7 Å². The van der Waals surface area contributed by atoms with Crippen LogP contribution in [0.1, 0.15) is 83.4 Å². The number of carbonyl (C=O) groups excluding carboxylic acids is 3. The SMILES string of the molecule is C#Cc1ccc([C@H](C)NC(=O)[C@@H]2C[C@@H](O)CN2C(=O)[C@@H](NC(=O)CCCCCC(=O)O)C(C)(C)C)cc1. The number of carboxylic acid groups (broad SMARTS) is 1. The largest absolute Gasteiger partial charge is 0.481 e. The summed E-state index contributed by atoms with van der Waals surface area (Å²) in [5.41, 5.74) is 0.942. The molecule has 1 aromatic rings. The smallest absolute Gasteiger partial charge is 0.303 e. The molecule has 9 heteroatoms. The summed E-state index contributed by atoms with van der Waals surface area (Å²) in [6, 6.07) is 5.14. The number of β-amino-alcohol motifs (C(OH)–C–C–N with tert-alkyl or cyclic N) is 1. The zero-order chi connectivity index (χ0) is 27.8. The summed E-state index contributed by atoms with van der Waals surface area (Å²) in [5, 5.41) is 24.8. The van der Waals surface area contributed by atoms with E-state index >= 15 is 0 Å². The van der Waals surface area contributed by atoms with E-state index in [0.717, 1.165) is 11.1 Å². The molecule has 4 N–H and O–H groups in total. The van der Waals surface area contributed by atoms with Crippen molar-refractivity contribution < 1.29 is 29.4 Å². The van der Waals surface area contributed by atoms with Crippen molar-refractivity contribution in [1.82, 2.24) is 15.5 Å². The maximum atomic E-state index is 13.6. The maximum Gasteiger partial charge on any atom is 0.303 e. The molecule has 1 heterocycles. The average Bonchev–Trinajstić information content (AvgIpc) is 3.22. The summed E-state index contributed by atoms with van der Waals surface area (Å²) < 4.78 is 0. The Labute approximate surface area is 219 Å². The molecular weight excluding hydrogens is 474 g/mol. The second kappa shape index (κ2) is 13.2. The normalized spacial score (nSPS) is 19.0. The number of aliphatic hydroxyl groups excluding tert-OH is 1. The first-order valence-electron chi connectivity index (χ1n) is 12.7. The molecule has 0 aliphatic carbocycles. The molecule has 0 saturated carbocycles.